The molecule has 2 heterocycles. The number of aryl methyl sites for hydroxylation is 1. The zero-order valence-corrected chi connectivity index (χ0v) is 23.5. The van der Waals surface area contributed by atoms with Crippen LogP contribution in [0.25, 0.3) is 28.4 Å². The highest BCUT2D eigenvalue weighted by Gasteiger charge is 2.25. The molecule has 5 rings (SSSR count). The molecule has 4 aromatic rings. The fraction of sp³-hybridized carbons (Fsp3) is 0.219. The zero-order valence-electron chi connectivity index (χ0n) is 21.9. The van der Waals surface area contributed by atoms with Gasteiger partial charge < -0.3 is 9.64 Å². The van der Waals surface area contributed by atoms with Gasteiger partial charge in [-0.25, -0.2) is 0 Å². The van der Waals surface area contributed by atoms with Crippen LogP contribution in [0.1, 0.15) is 43.3 Å². The predicted molar refractivity (Wildman–Crippen MR) is 161 cm³/mol. The van der Waals surface area contributed by atoms with Crippen molar-refractivity contribution in [1.82, 2.24) is 0 Å². The molecule has 1 aliphatic rings. The van der Waals surface area contributed by atoms with Gasteiger partial charge in [-0.3, -0.25) is 0 Å². The largest absolute Gasteiger partial charge is 0.497 e. The summed E-state index contributed by atoms with van der Waals surface area (Å²) in [6.45, 7) is 8.54. The highest BCUT2D eigenvalue weighted by Crippen LogP contribution is 2.47. The Bertz CT molecular complexity index is 1500. The van der Waals surface area contributed by atoms with E-state index in [4.69, 9.17) is 4.74 Å². The maximum Gasteiger partial charge on any atom is 0.263 e. The minimum atomic E-state index is 0.901. The molecule has 0 fully saturated rings. The number of methoxy groups -OCH3 is 1. The van der Waals surface area contributed by atoms with Crippen LogP contribution in [-0.2, 0) is 6.54 Å². The van der Waals surface area contributed by atoms with E-state index in [1.165, 1.54) is 47.5 Å². The second kappa shape index (κ2) is 11.4. The van der Waals surface area contributed by atoms with Crippen molar-refractivity contribution in [3.05, 3.63) is 99.5 Å². The molecule has 0 radical (unpaired) electrons. The number of benzene rings is 3. The minimum absolute atomic E-state index is 0.901. The van der Waals surface area contributed by atoms with Gasteiger partial charge in [0.05, 0.1) is 23.9 Å². The van der Waals surface area contributed by atoms with E-state index in [0.29, 0.717) is 0 Å². The first-order valence-corrected chi connectivity index (χ1v) is 14.5. The van der Waals surface area contributed by atoms with Gasteiger partial charge >= 0.3 is 0 Å². The molecule has 0 saturated carbocycles. The summed E-state index contributed by atoms with van der Waals surface area (Å²) in [5.74, 6) is 0.901. The lowest BCUT2D eigenvalue weighted by Gasteiger charge is -2.18. The summed E-state index contributed by atoms with van der Waals surface area (Å²) in [4.78, 5) is 3.76. The van der Waals surface area contributed by atoms with Crippen molar-refractivity contribution in [3.8, 4) is 5.75 Å². The Morgan fingerprint density at radius 3 is 2.49 bits per heavy atom. The Kier molecular flexibility index (Phi) is 7.82. The van der Waals surface area contributed by atoms with E-state index >= 15 is 0 Å². The SMILES string of the molecule is CCC(=C\c1sc2ccc(OC)cc2[n+]1CC)/C=C1/Sc2ccc(/C=C/c3ccccc3)cc2N1CC. The second-order valence-electron chi connectivity index (χ2n) is 8.89. The number of aromatic nitrogens is 1. The van der Waals surface area contributed by atoms with Gasteiger partial charge in [0.25, 0.3) is 5.01 Å². The maximum absolute atomic E-state index is 5.48. The third kappa shape index (κ3) is 5.39. The molecule has 0 spiro atoms. The molecule has 3 nitrogen and oxygen atoms in total. The molecular formula is C32H33N2OS2+. The molecule has 0 aliphatic carbocycles. The molecule has 3 aromatic carbocycles. The van der Waals surface area contributed by atoms with Crippen LogP contribution in [0.4, 0.5) is 5.69 Å². The first-order chi connectivity index (χ1) is 18.1. The number of ether oxygens (including phenoxy) is 1. The van der Waals surface area contributed by atoms with Crippen LogP contribution in [0.5, 0.6) is 5.75 Å². The van der Waals surface area contributed by atoms with Crippen LogP contribution in [-0.4, -0.2) is 13.7 Å². The van der Waals surface area contributed by atoms with Crippen molar-refractivity contribution in [2.45, 2.75) is 38.6 Å². The molecule has 0 unspecified atom stereocenters. The molecule has 5 heteroatoms. The quantitative estimate of drug-likeness (QED) is 0.169. The molecule has 0 saturated heterocycles. The lowest BCUT2D eigenvalue weighted by molar-refractivity contribution is -0.665. The average Bonchev–Trinajstić information content (AvgIpc) is 3.47. The number of thioether (sulfide) groups is 1. The third-order valence-electron chi connectivity index (χ3n) is 6.62. The molecule has 0 N–H and O–H groups in total. The van der Waals surface area contributed by atoms with Crippen molar-refractivity contribution in [2.75, 3.05) is 18.6 Å². The Balaban J connectivity index is 1.45. The van der Waals surface area contributed by atoms with Gasteiger partial charge in [0.1, 0.15) is 17.0 Å². The summed E-state index contributed by atoms with van der Waals surface area (Å²) in [5, 5.41) is 2.57. The summed E-state index contributed by atoms with van der Waals surface area (Å²) < 4.78 is 9.15. The van der Waals surface area contributed by atoms with Crippen LogP contribution in [0.15, 0.2) is 88.3 Å². The number of thiazole rings is 1. The van der Waals surface area contributed by atoms with E-state index in [9.17, 15) is 0 Å². The molecule has 37 heavy (non-hydrogen) atoms. The predicted octanol–water partition coefficient (Wildman–Crippen LogP) is 8.65. The fourth-order valence-electron chi connectivity index (χ4n) is 4.62. The molecule has 1 aliphatic heterocycles. The van der Waals surface area contributed by atoms with Crippen molar-refractivity contribution in [2.24, 2.45) is 0 Å². The highest BCUT2D eigenvalue weighted by molar-refractivity contribution is 8.03. The van der Waals surface area contributed by atoms with Crippen molar-refractivity contribution in [3.63, 3.8) is 0 Å². The monoisotopic (exact) mass is 525 g/mol. The molecule has 1 aromatic heterocycles. The van der Waals surface area contributed by atoms with Gasteiger partial charge in [-0.1, -0.05) is 78.6 Å². The zero-order chi connectivity index (χ0) is 25.8. The van der Waals surface area contributed by atoms with Crippen molar-refractivity contribution < 1.29 is 9.30 Å². The summed E-state index contributed by atoms with van der Waals surface area (Å²) in [7, 11) is 1.73. The Morgan fingerprint density at radius 1 is 0.946 bits per heavy atom. The summed E-state index contributed by atoms with van der Waals surface area (Å²) in [6.07, 6.45) is 10.1. The number of rotatable bonds is 8. The molecule has 188 valence electrons. The Hall–Kier alpha value is -3.28. The summed E-state index contributed by atoms with van der Waals surface area (Å²) in [6, 6.07) is 23.6. The van der Waals surface area contributed by atoms with E-state index in [-0.39, 0.29) is 0 Å². The average molecular weight is 526 g/mol. The summed E-state index contributed by atoms with van der Waals surface area (Å²) in [5.41, 5.74) is 6.29. The van der Waals surface area contributed by atoms with Crippen LogP contribution in [0.3, 0.4) is 0 Å². The van der Waals surface area contributed by atoms with Gasteiger partial charge in [-0.15, -0.1) is 0 Å². The van der Waals surface area contributed by atoms with Gasteiger partial charge in [0.15, 0.2) is 0 Å². The number of nitrogens with zero attached hydrogens (tertiary/aromatic N) is 2. The summed E-state index contributed by atoms with van der Waals surface area (Å²) >= 11 is 3.71. The van der Waals surface area contributed by atoms with Gasteiger partial charge in [-0.05, 0) is 67.3 Å². The standard InChI is InChI=1S/C32H33N2OS2/c1-5-23(21-32-34(7-3)28-22-26(35-4)16-18-30(28)37-32)20-31-33(6-2)27-19-25(15-17-29(27)36-31)14-13-24-11-9-8-10-12-24/h8-22H,5-7H2,1-4H3/q+1/b14-13+. The normalized spacial score (nSPS) is 14.8. The molecule has 0 atom stereocenters. The number of hydrogen-bond donors (Lipinski definition) is 0. The van der Waals surface area contributed by atoms with Gasteiger partial charge in [-0.2, -0.15) is 4.57 Å². The first-order valence-electron chi connectivity index (χ1n) is 12.9. The fourth-order valence-corrected chi connectivity index (χ4v) is 6.98. The Labute approximate surface area is 228 Å². The second-order valence-corrected chi connectivity index (χ2v) is 11.0. The van der Waals surface area contributed by atoms with E-state index in [1.54, 1.807) is 7.11 Å². The first kappa shape index (κ1) is 25.4. The topological polar surface area (TPSA) is 16.4 Å². The molecule has 0 amide bonds. The van der Waals surface area contributed by atoms with E-state index in [2.05, 4.69) is 115 Å². The number of anilines is 1. The smallest absolute Gasteiger partial charge is 0.263 e. The highest BCUT2D eigenvalue weighted by atomic mass is 32.2. The van der Waals surface area contributed by atoms with Crippen molar-refractivity contribution in [1.29, 1.82) is 0 Å². The van der Waals surface area contributed by atoms with E-state index in [1.807, 2.05) is 29.2 Å². The number of fused-ring (bicyclic) bond motifs is 2. The lowest BCUT2D eigenvalue weighted by atomic mass is 10.1. The third-order valence-corrected chi connectivity index (χ3v) is 8.84. The molecule has 0 bridgehead atoms. The van der Waals surface area contributed by atoms with E-state index in [0.717, 1.165) is 25.3 Å². The maximum atomic E-state index is 5.48. The van der Waals surface area contributed by atoms with E-state index < -0.39 is 0 Å². The molecular weight excluding hydrogens is 492 g/mol. The van der Waals surface area contributed by atoms with Crippen LogP contribution in [0, 0.1) is 0 Å². The van der Waals surface area contributed by atoms with Gasteiger partial charge in [0, 0.05) is 17.5 Å². The minimum Gasteiger partial charge on any atom is -0.497 e. The van der Waals surface area contributed by atoms with Gasteiger partial charge in [0.2, 0.25) is 5.52 Å². The number of hydrogen-bond acceptors (Lipinski definition) is 4. The lowest BCUT2D eigenvalue weighted by Crippen LogP contribution is -2.33. The Morgan fingerprint density at radius 2 is 1.76 bits per heavy atom. The van der Waals surface area contributed by atoms with Crippen LogP contribution >= 0.6 is 23.1 Å². The van der Waals surface area contributed by atoms with Crippen molar-refractivity contribution >= 4 is 57.2 Å². The van der Waals surface area contributed by atoms with Crippen LogP contribution in [0.2, 0.25) is 0 Å². The van der Waals surface area contributed by atoms with Crippen LogP contribution < -0.4 is 14.2 Å². The number of allylic oxidation sites excluding steroid dienone is 2.